The zero-order valence-electron chi connectivity index (χ0n) is 13.4. The van der Waals surface area contributed by atoms with Gasteiger partial charge in [0.05, 0.1) is 0 Å². The number of hydrogen-bond donors (Lipinski definition) is 3. The summed E-state index contributed by atoms with van der Waals surface area (Å²) >= 11 is 0. The van der Waals surface area contributed by atoms with Crippen LogP contribution in [-0.2, 0) is 11.2 Å². The molecular weight excluding hydrogens is 290 g/mol. The lowest BCUT2D eigenvalue weighted by molar-refractivity contribution is -0.119. The summed E-state index contributed by atoms with van der Waals surface area (Å²) in [5.41, 5.74) is 14.3. The molecule has 3 rings (SSSR count). The zero-order valence-corrected chi connectivity index (χ0v) is 13.4. The van der Waals surface area contributed by atoms with Gasteiger partial charge in [-0.3, -0.25) is 9.59 Å². The van der Waals surface area contributed by atoms with Crippen molar-refractivity contribution in [3.8, 4) is 0 Å². The number of benzene rings is 1. The lowest BCUT2D eigenvalue weighted by Gasteiger charge is -2.35. The molecule has 1 aromatic carbocycles. The highest BCUT2D eigenvalue weighted by Crippen LogP contribution is 2.32. The second-order valence-corrected chi connectivity index (χ2v) is 6.92. The molecule has 2 amide bonds. The summed E-state index contributed by atoms with van der Waals surface area (Å²) in [6.45, 7) is 0.634. The average Bonchev–Trinajstić information content (AvgIpc) is 2.51. The molecule has 1 atom stereocenters. The van der Waals surface area contributed by atoms with Gasteiger partial charge in [0.1, 0.15) is 0 Å². The molecule has 0 bridgehead atoms. The molecular formula is C18H25N3O2. The van der Waals surface area contributed by atoms with E-state index in [1.54, 1.807) is 0 Å². The highest BCUT2D eigenvalue weighted by molar-refractivity contribution is 5.94. The number of nitrogens with one attached hydrogen (secondary N) is 1. The minimum Gasteiger partial charge on any atom is -0.370 e. The first kappa shape index (κ1) is 16.0. The Labute approximate surface area is 136 Å². The number of rotatable bonds is 5. The Hall–Kier alpha value is -1.88. The predicted molar refractivity (Wildman–Crippen MR) is 89.0 cm³/mol. The van der Waals surface area contributed by atoms with Crippen molar-refractivity contribution in [2.75, 3.05) is 6.54 Å². The number of carbonyl (C=O) groups excluding carboxylic acids is 2. The Morgan fingerprint density at radius 2 is 2.04 bits per heavy atom. The number of aryl methyl sites for hydroxylation is 1. The quantitative estimate of drug-likeness (QED) is 0.767. The number of carbonyl (C=O) groups is 2. The van der Waals surface area contributed by atoms with Crippen LogP contribution in [0.3, 0.4) is 0 Å². The highest BCUT2D eigenvalue weighted by Gasteiger charge is 2.31. The standard InChI is InChI=1S/C18H25N3O2/c19-10-14-3-1-2-12-4-5-13(9-16(12)14)18(23)21-15-6-11(7-15)8-17(20)22/h4-5,9,11,14-15H,1-3,6-8,10,19H2,(H2,20,22)(H,21,23). The van der Waals surface area contributed by atoms with Crippen molar-refractivity contribution in [3.63, 3.8) is 0 Å². The van der Waals surface area contributed by atoms with Gasteiger partial charge in [-0.25, -0.2) is 0 Å². The lowest BCUT2D eigenvalue weighted by atomic mass is 9.78. The lowest BCUT2D eigenvalue weighted by Crippen LogP contribution is -2.45. The van der Waals surface area contributed by atoms with Crippen molar-refractivity contribution in [2.24, 2.45) is 17.4 Å². The third-order valence-corrected chi connectivity index (χ3v) is 5.19. The van der Waals surface area contributed by atoms with Gasteiger partial charge in [-0.15, -0.1) is 0 Å². The summed E-state index contributed by atoms with van der Waals surface area (Å²) in [6, 6.07) is 6.16. The molecule has 0 saturated heterocycles. The van der Waals surface area contributed by atoms with E-state index in [9.17, 15) is 9.59 Å². The Morgan fingerprint density at radius 3 is 2.74 bits per heavy atom. The van der Waals surface area contributed by atoms with Crippen LogP contribution in [0.2, 0.25) is 0 Å². The molecule has 1 fully saturated rings. The largest absolute Gasteiger partial charge is 0.370 e. The van der Waals surface area contributed by atoms with Gasteiger partial charge in [-0.2, -0.15) is 0 Å². The summed E-state index contributed by atoms with van der Waals surface area (Å²) in [5, 5.41) is 3.05. The van der Waals surface area contributed by atoms with Crippen LogP contribution >= 0.6 is 0 Å². The fourth-order valence-corrected chi connectivity index (χ4v) is 3.86. The van der Waals surface area contributed by atoms with Gasteiger partial charge in [0, 0.05) is 18.0 Å². The summed E-state index contributed by atoms with van der Waals surface area (Å²) in [7, 11) is 0. The van der Waals surface area contributed by atoms with Gasteiger partial charge < -0.3 is 16.8 Å². The van der Waals surface area contributed by atoms with Gasteiger partial charge in [0.2, 0.25) is 5.91 Å². The molecule has 0 heterocycles. The van der Waals surface area contributed by atoms with Crippen LogP contribution in [-0.4, -0.2) is 24.4 Å². The number of primary amides is 1. The van der Waals surface area contributed by atoms with Crippen LogP contribution < -0.4 is 16.8 Å². The van der Waals surface area contributed by atoms with E-state index in [-0.39, 0.29) is 17.9 Å². The van der Waals surface area contributed by atoms with Crippen LogP contribution in [0.5, 0.6) is 0 Å². The van der Waals surface area contributed by atoms with E-state index in [4.69, 9.17) is 11.5 Å². The van der Waals surface area contributed by atoms with Crippen molar-refractivity contribution in [1.29, 1.82) is 0 Å². The van der Waals surface area contributed by atoms with Crippen molar-refractivity contribution < 1.29 is 9.59 Å². The van der Waals surface area contributed by atoms with Crippen LogP contribution in [0, 0.1) is 5.92 Å². The monoisotopic (exact) mass is 315 g/mol. The molecule has 0 radical (unpaired) electrons. The third-order valence-electron chi connectivity index (χ3n) is 5.19. The summed E-state index contributed by atoms with van der Waals surface area (Å²) < 4.78 is 0. The van der Waals surface area contributed by atoms with E-state index in [0.29, 0.717) is 30.4 Å². The van der Waals surface area contributed by atoms with E-state index in [1.807, 2.05) is 12.1 Å². The topological polar surface area (TPSA) is 98.2 Å². The number of amides is 2. The Kier molecular flexibility index (Phi) is 4.66. The maximum atomic E-state index is 12.4. The molecule has 2 aliphatic carbocycles. The van der Waals surface area contributed by atoms with E-state index in [1.165, 1.54) is 17.5 Å². The number of hydrogen-bond acceptors (Lipinski definition) is 3. The van der Waals surface area contributed by atoms with Crippen molar-refractivity contribution in [3.05, 3.63) is 34.9 Å². The van der Waals surface area contributed by atoms with Crippen LogP contribution in [0.1, 0.15) is 59.5 Å². The van der Waals surface area contributed by atoms with Crippen molar-refractivity contribution in [2.45, 2.75) is 50.5 Å². The highest BCUT2D eigenvalue weighted by atomic mass is 16.2. The average molecular weight is 315 g/mol. The molecule has 2 aliphatic rings. The van der Waals surface area contributed by atoms with E-state index in [2.05, 4.69) is 11.4 Å². The van der Waals surface area contributed by atoms with Gasteiger partial charge >= 0.3 is 0 Å². The summed E-state index contributed by atoms with van der Waals surface area (Å²) in [4.78, 5) is 23.3. The van der Waals surface area contributed by atoms with E-state index >= 15 is 0 Å². The second-order valence-electron chi connectivity index (χ2n) is 6.92. The Morgan fingerprint density at radius 1 is 1.26 bits per heavy atom. The molecule has 1 unspecified atom stereocenters. The van der Waals surface area contributed by atoms with Crippen LogP contribution in [0.4, 0.5) is 0 Å². The Balaban J connectivity index is 1.61. The first-order valence-corrected chi connectivity index (χ1v) is 8.49. The van der Waals surface area contributed by atoms with E-state index < -0.39 is 0 Å². The number of nitrogens with two attached hydrogens (primary N) is 2. The zero-order chi connectivity index (χ0) is 16.4. The predicted octanol–water partition coefficient (Wildman–Crippen LogP) is 1.45. The number of fused-ring (bicyclic) bond motifs is 1. The molecule has 0 spiro atoms. The van der Waals surface area contributed by atoms with Crippen molar-refractivity contribution in [1.82, 2.24) is 5.32 Å². The van der Waals surface area contributed by atoms with Gasteiger partial charge in [0.25, 0.3) is 5.91 Å². The molecule has 124 valence electrons. The fraction of sp³-hybridized carbons (Fsp3) is 0.556. The van der Waals surface area contributed by atoms with Gasteiger partial charge in [-0.05, 0) is 73.7 Å². The maximum absolute atomic E-state index is 12.4. The molecule has 23 heavy (non-hydrogen) atoms. The fourth-order valence-electron chi connectivity index (χ4n) is 3.86. The Bertz CT molecular complexity index is 608. The molecule has 1 saturated carbocycles. The smallest absolute Gasteiger partial charge is 0.251 e. The molecule has 1 aromatic rings. The summed E-state index contributed by atoms with van der Waals surface area (Å²) in [6.07, 6.45) is 5.44. The molecule has 5 nitrogen and oxygen atoms in total. The SMILES string of the molecule is NCC1CCCc2ccc(C(=O)NC3CC(CC(N)=O)C3)cc21. The molecule has 5 N–H and O–H groups in total. The second kappa shape index (κ2) is 6.71. The first-order valence-electron chi connectivity index (χ1n) is 8.49. The maximum Gasteiger partial charge on any atom is 0.251 e. The molecule has 5 heteroatoms. The molecule has 0 aromatic heterocycles. The van der Waals surface area contributed by atoms with Crippen LogP contribution in [0.25, 0.3) is 0 Å². The molecule has 0 aliphatic heterocycles. The van der Waals surface area contributed by atoms with Crippen molar-refractivity contribution >= 4 is 11.8 Å². The van der Waals surface area contributed by atoms with Crippen LogP contribution in [0.15, 0.2) is 18.2 Å². The minimum atomic E-state index is -0.262. The van der Waals surface area contributed by atoms with Gasteiger partial charge in [0.15, 0.2) is 0 Å². The third kappa shape index (κ3) is 3.55. The summed E-state index contributed by atoms with van der Waals surface area (Å²) in [5.74, 6) is 0.400. The normalized spacial score (nSPS) is 26.0. The van der Waals surface area contributed by atoms with E-state index in [0.717, 1.165) is 25.7 Å². The van der Waals surface area contributed by atoms with Gasteiger partial charge in [-0.1, -0.05) is 6.07 Å². The first-order chi connectivity index (χ1) is 11.1. The minimum absolute atomic E-state index is 0.0309.